The number of aromatic nitrogens is 1. The fraction of sp³-hybridized carbons (Fsp3) is 0.500. The molecule has 0 fully saturated rings. The minimum absolute atomic E-state index is 0.130. The van der Waals surface area contributed by atoms with Gasteiger partial charge in [0.15, 0.2) is 0 Å². The summed E-state index contributed by atoms with van der Waals surface area (Å²) in [6.07, 6.45) is -0.478. The quantitative estimate of drug-likeness (QED) is 0.440. The number of ether oxygens (including phenoxy) is 1. The van der Waals surface area contributed by atoms with Crippen LogP contribution in [0.15, 0.2) is 23.4 Å². The number of methoxy groups -OCH3 is 1. The van der Waals surface area contributed by atoms with E-state index in [-0.39, 0.29) is 13.0 Å². The first-order valence-corrected chi connectivity index (χ1v) is 5.06. The predicted octanol–water partition coefficient (Wildman–Crippen LogP) is 1.18. The molecule has 1 heterocycles. The number of azide groups is 1. The Morgan fingerprint density at radius 3 is 2.82 bits per heavy atom. The fourth-order valence-corrected chi connectivity index (χ4v) is 1.28. The summed E-state index contributed by atoms with van der Waals surface area (Å²) in [5, 5.41) is 22.7. The zero-order valence-corrected chi connectivity index (χ0v) is 9.39. The molecule has 0 saturated carbocycles. The van der Waals surface area contributed by atoms with Crippen LogP contribution in [0.2, 0.25) is 0 Å². The number of nitrogens with zero attached hydrogens (tertiary/aromatic N) is 4. The lowest BCUT2D eigenvalue weighted by atomic mass is 10.1. The second kappa shape index (κ2) is 6.70. The van der Waals surface area contributed by atoms with Gasteiger partial charge in [-0.15, -0.1) is 0 Å². The molecule has 0 amide bonds. The van der Waals surface area contributed by atoms with Crippen LogP contribution in [0.25, 0.3) is 10.4 Å². The van der Waals surface area contributed by atoms with Crippen LogP contribution in [-0.2, 0) is 0 Å². The first kappa shape index (κ1) is 13.2. The van der Waals surface area contributed by atoms with E-state index >= 15 is 0 Å². The molecular formula is C10H14N4O3. The van der Waals surface area contributed by atoms with Crippen molar-refractivity contribution in [3.63, 3.8) is 0 Å². The van der Waals surface area contributed by atoms with E-state index in [1.807, 2.05) is 0 Å². The first-order valence-electron chi connectivity index (χ1n) is 5.06. The minimum atomic E-state index is -1.10. The Hall–Kier alpha value is -1.82. The standard InChI is InChI=1S/C10H14N4O3/c1-17-7-2-3-8(12-6-7)10(16)9(15)4-5-13-14-11/h2-3,6,9-10,15-16H,4-5H2,1H3. The summed E-state index contributed by atoms with van der Waals surface area (Å²) >= 11 is 0. The van der Waals surface area contributed by atoms with Crippen molar-refractivity contribution in [3.05, 3.63) is 34.5 Å². The maximum atomic E-state index is 9.76. The molecule has 1 aromatic heterocycles. The molecule has 0 aliphatic rings. The molecule has 7 heteroatoms. The van der Waals surface area contributed by atoms with E-state index in [0.717, 1.165) is 0 Å². The molecule has 92 valence electrons. The van der Waals surface area contributed by atoms with Gasteiger partial charge < -0.3 is 14.9 Å². The maximum Gasteiger partial charge on any atom is 0.137 e. The van der Waals surface area contributed by atoms with E-state index in [2.05, 4.69) is 15.0 Å². The van der Waals surface area contributed by atoms with E-state index in [1.54, 1.807) is 12.1 Å². The van der Waals surface area contributed by atoms with Gasteiger partial charge in [0.2, 0.25) is 0 Å². The van der Waals surface area contributed by atoms with Crippen LogP contribution in [-0.4, -0.2) is 35.0 Å². The molecule has 0 saturated heterocycles. The largest absolute Gasteiger partial charge is 0.495 e. The summed E-state index contributed by atoms with van der Waals surface area (Å²) in [7, 11) is 1.52. The highest BCUT2D eigenvalue weighted by molar-refractivity contribution is 5.21. The van der Waals surface area contributed by atoms with Gasteiger partial charge in [-0.2, -0.15) is 0 Å². The van der Waals surface area contributed by atoms with Crippen molar-refractivity contribution < 1.29 is 14.9 Å². The zero-order chi connectivity index (χ0) is 12.7. The summed E-state index contributed by atoms with van der Waals surface area (Å²) in [6, 6.07) is 3.21. The topological polar surface area (TPSA) is 111 Å². The van der Waals surface area contributed by atoms with Gasteiger partial charge in [0.1, 0.15) is 11.9 Å². The van der Waals surface area contributed by atoms with Crippen molar-refractivity contribution in [3.8, 4) is 5.75 Å². The van der Waals surface area contributed by atoms with Crippen molar-refractivity contribution in [1.82, 2.24) is 4.98 Å². The smallest absolute Gasteiger partial charge is 0.137 e. The fourth-order valence-electron chi connectivity index (χ4n) is 1.28. The molecule has 7 nitrogen and oxygen atoms in total. The molecule has 0 bridgehead atoms. The Balaban J connectivity index is 2.60. The van der Waals surface area contributed by atoms with E-state index in [9.17, 15) is 10.2 Å². The summed E-state index contributed by atoms with van der Waals surface area (Å²) in [5.41, 5.74) is 8.43. The average molecular weight is 238 g/mol. The average Bonchev–Trinajstić information content (AvgIpc) is 2.38. The van der Waals surface area contributed by atoms with E-state index in [1.165, 1.54) is 13.3 Å². The zero-order valence-electron chi connectivity index (χ0n) is 9.39. The number of hydrogen-bond acceptors (Lipinski definition) is 5. The Bertz CT molecular complexity index is 389. The summed E-state index contributed by atoms with van der Waals surface area (Å²) in [4.78, 5) is 6.52. The van der Waals surface area contributed by atoms with Gasteiger partial charge in [-0.25, -0.2) is 0 Å². The molecular weight excluding hydrogens is 224 g/mol. The number of hydrogen-bond donors (Lipinski definition) is 2. The SMILES string of the molecule is COc1ccc(C(O)C(O)CCN=[N+]=[N-])nc1. The van der Waals surface area contributed by atoms with Gasteiger partial charge in [-0.3, -0.25) is 4.98 Å². The first-order chi connectivity index (χ1) is 8.19. The van der Waals surface area contributed by atoms with E-state index in [4.69, 9.17) is 10.3 Å². The predicted molar refractivity (Wildman–Crippen MR) is 60.4 cm³/mol. The van der Waals surface area contributed by atoms with Crippen LogP contribution in [0.4, 0.5) is 0 Å². The summed E-state index contributed by atoms with van der Waals surface area (Å²) < 4.78 is 4.93. The molecule has 1 rings (SSSR count). The van der Waals surface area contributed by atoms with Gasteiger partial charge >= 0.3 is 0 Å². The van der Waals surface area contributed by atoms with Crippen LogP contribution in [0.1, 0.15) is 18.2 Å². The van der Waals surface area contributed by atoms with Crippen molar-refractivity contribution >= 4 is 0 Å². The van der Waals surface area contributed by atoms with Gasteiger partial charge in [0.05, 0.1) is 25.1 Å². The van der Waals surface area contributed by atoms with Gasteiger partial charge in [-0.05, 0) is 24.1 Å². The molecule has 2 unspecified atom stereocenters. The van der Waals surface area contributed by atoms with Crippen molar-refractivity contribution in [1.29, 1.82) is 0 Å². The number of pyridine rings is 1. The van der Waals surface area contributed by atoms with Crippen LogP contribution in [0.3, 0.4) is 0 Å². The van der Waals surface area contributed by atoms with Crippen LogP contribution in [0, 0.1) is 0 Å². The summed E-state index contributed by atoms with van der Waals surface area (Å²) in [5.74, 6) is 0.574. The Kier molecular flexibility index (Phi) is 5.22. The lowest BCUT2D eigenvalue weighted by Crippen LogP contribution is -2.20. The lowest BCUT2D eigenvalue weighted by Gasteiger charge is -2.16. The van der Waals surface area contributed by atoms with Crippen molar-refractivity contribution in [2.24, 2.45) is 5.11 Å². The monoisotopic (exact) mass is 238 g/mol. The van der Waals surface area contributed by atoms with E-state index < -0.39 is 12.2 Å². The summed E-state index contributed by atoms with van der Waals surface area (Å²) in [6.45, 7) is 0.130. The number of aliphatic hydroxyl groups is 2. The molecule has 0 aromatic carbocycles. The highest BCUT2D eigenvalue weighted by Gasteiger charge is 2.18. The third kappa shape index (κ3) is 3.92. The third-order valence-electron chi connectivity index (χ3n) is 2.25. The third-order valence-corrected chi connectivity index (χ3v) is 2.25. The van der Waals surface area contributed by atoms with Crippen LogP contribution >= 0.6 is 0 Å². The van der Waals surface area contributed by atoms with E-state index in [0.29, 0.717) is 11.4 Å². The molecule has 0 spiro atoms. The molecule has 0 aliphatic heterocycles. The van der Waals surface area contributed by atoms with Crippen LogP contribution in [0.5, 0.6) is 5.75 Å². The maximum absolute atomic E-state index is 9.76. The molecule has 1 aromatic rings. The number of aliphatic hydroxyl groups excluding tert-OH is 2. The minimum Gasteiger partial charge on any atom is -0.495 e. The van der Waals surface area contributed by atoms with Gasteiger partial charge in [0, 0.05) is 11.5 Å². The molecule has 0 radical (unpaired) electrons. The Morgan fingerprint density at radius 2 is 2.29 bits per heavy atom. The van der Waals surface area contributed by atoms with Crippen molar-refractivity contribution in [2.75, 3.05) is 13.7 Å². The van der Waals surface area contributed by atoms with Gasteiger partial charge in [0.25, 0.3) is 0 Å². The second-order valence-electron chi connectivity index (χ2n) is 3.38. The molecule has 0 aliphatic carbocycles. The molecule has 2 N–H and O–H groups in total. The van der Waals surface area contributed by atoms with Crippen LogP contribution < -0.4 is 4.74 Å². The van der Waals surface area contributed by atoms with Crippen molar-refractivity contribution in [2.45, 2.75) is 18.6 Å². The Labute approximate surface area is 98.3 Å². The van der Waals surface area contributed by atoms with Gasteiger partial charge in [-0.1, -0.05) is 5.11 Å². The molecule has 17 heavy (non-hydrogen) atoms. The molecule has 2 atom stereocenters. The highest BCUT2D eigenvalue weighted by Crippen LogP contribution is 2.19. The normalized spacial score (nSPS) is 13.6. The lowest BCUT2D eigenvalue weighted by molar-refractivity contribution is 0.0125. The Morgan fingerprint density at radius 1 is 1.53 bits per heavy atom. The highest BCUT2D eigenvalue weighted by atomic mass is 16.5. The second-order valence-corrected chi connectivity index (χ2v) is 3.38. The number of rotatable bonds is 6.